The van der Waals surface area contributed by atoms with Gasteiger partial charge in [0.1, 0.15) is 0 Å². The van der Waals surface area contributed by atoms with E-state index in [1.807, 2.05) is 0 Å². The lowest BCUT2D eigenvalue weighted by molar-refractivity contribution is 0.315. The third kappa shape index (κ3) is 6.02. The fourth-order valence-electron chi connectivity index (χ4n) is 8.41. The summed E-state index contributed by atoms with van der Waals surface area (Å²) >= 11 is 0. The predicted octanol–water partition coefficient (Wildman–Crippen LogP) is 10.1. The van der Waals surface area contributed by atoms with Gasteiger partial charge in [-0.2, -0.15) is 0 Å². The molecule has 234 valence electrons. The van der Waals surface area contributed by atoms with Gasteiger partial charge < -0.3 is 9.80 Å². The van der Waals surface area contributed by atoms with Crippen LogP contribution in [0.2, 0.25) is 0 Å². The first-order chi connectivity index (χ1) is 22.8. The fourth-order valence-corrected chi connectivity index (χ4v) is 8.41. The van der Waals surface area contributed by atoms with Crippen LogP contribution >= 0.6 is 0 Å². The molecule has 4 aromatic carbocycles. The van der Waals surface area contributed by atoms with Gasteiger partial charge in [-0.15, -0.1) is 0 Å². The van der Waals surface area contributed by atoms with Gasteiger partial charge in [0.15, 0.2) is 11.7 Å². The number of amidine groups is 2. The zero-order valence-corrected chi connectivity index (χ0v) is 27.0. The molecule has 4 aromatic rings. The average molecular weight is 607 g/mol. The largest absolute Gasteiger partial charge is 0.321 e. The van der Waals surface area contributed by atoms with Crippen LogP contribution in [-0.4, -0.2) is 36.8 Å². The Hall–Kier alpha value is -4.18. The first-order valence-electron chi connectivity index (χ1n) is 17.8. The van der Waals surface area contributed by atoms with Crippen LogP contribution in [0.4, 0.5) is 11.4 Å². The molecular formula is C42H46N4. The van der Waals surface area contributed by atoms with Crippen LogP contribution in [0.15, 0.2) is 119 Å². The van der Waals surface area contributed by atoms with E-state index in [1.165, 1.54) is 97.8 Å². The monoisotopic (exact) mass is 606 g/mol. The molecule has 2 saturated carbocycles. The maximum Gasteiger partial charge on any atom is 0.172 e. The maximum absolute atomic E-state index is 5.66. The van der Waals surface area contributed by atoms with Crippen LogP contribution in [0, 0.1) is 11.8 Å². The lowest BCUT2D eigenvalue weighted by atomic mass is 9.84. The number of nitrogens with zero attached hydrogens (tertiary/aromatic N) is 4. The highest BCUT2D eigenvalue weighted by atomic mass is 15.4. The van der Waals surface area contributed by atoms with E-state index in [0.29, 0.717) is 23.9 Å². The lowest BCUT2D eigenvalue weighted by Crippen LogP contribution is -2.42. The van der Waals surface area contributed by atoms with Crippen molar-refractivity contribution in [2.24, 2.45) is 21.8 Å². The second kappa shape index (κ2) is 13.3. The Bertz CT molecular complexity index is 1550. The molecule has 2 unspecified atom stereocenters. The van der Waals surface area contributed by atoms with Crippen LogP contribution in [0.3, 0.4) is 0 Å². The molecule has 0 N–H and O–H groups in total. The molecule has 46 heavy (non-hydrogen) atoms. The summed E-state index contributed by atoms with van der Waals surface area (Å²) in [5.41, 5.74) is 7.45. The van der Waals surface area contributed by atoms with E-state index in [4.69, 9.17) is 9.98 Å². The number of rotatable bonds is 7. The molecule has 2 aliphatic heterocycles. The Balaban J connectivity index is 1.20. The van der Waals surface area contributed by atoms with E-state index in [9.17, 15) is 0 Å². The van der Waals surface area contributed by atoms with Gasteiger partial charge in [-0.05, 0) is 84.0 Å². The molecule has 2 heterocycles. The van der Waals surface area contributed by atoms with E-state index in [1.54, 1.807) is 0 Å². The zero-order chi connectivity index (χ0) is 30.7. The van der Waals surface area contributed by atoms with Gasteiger partial charge in [0, 0.05) is 24.5 Å². The summed E-state index contributed by atoms with van der Waals surface area (Å²) in [4.78, 5) is 16.4. The lowest BCUT2D eigenvalue weighted by Gasteiger charge is -2.29. The molecule has 0 amide bonds. The third-order valence-corrected chi connectivity index (χ3v) is 10.9. The van der Waals surface area contributed by atoms with Crippen molar-refractivity contribution in [2.45, 2.75) is 76.3 Å². The first-order valence-corrected chi connectivity index (χ1v) is 17.8. The summed E-state index contributed by atoms with van der Waals surface area (Å²) in [6.45, 7) is 1.87. The molecule has 8 rings (SSSR count). The molecule has 0 spiro atoms. The number of hydrogen-bond donors (Lipinski definition) is 0. The second-order valence-electron chi connectivity index (χ2n) is 13.9. The Labute approximate surface area is 274 Å². The van der Waals surface area contributed by atoms with Crippen LogP contribution in [0.1, 0.15) is 64.2 Å². The highest BCUT2D eigenvalue weighted by Crippen LogP contribution is 2.38. The number of anilines is 2. The Kier molecular flexibility index (Phi) is 8.44. The molecule has 0 radical (unpaired) electrons. The van der Waals surface area contributed by atoms with Crippen molar-refractivity contribution in [2.75, 3.05) is 22.9 Å². The quantitative estimate of drug-likeness (QED) is 0.210. The van der Waals surface area contributed by atoms with Crippen LogP contribution in [0.5, 0.6) is 0 Å². The molecule has 0 aromatic heterocycles. The van der Waals surface area contributed by atoms with Crippen LogP contribution in [-0.2, 0) is 0 Å². The van der Waals surface area contributed by atoms with Crippen molar-refractivity contribution in [3.8, 4) is 22.3 Å². The summed E-state index contributed by atoms with van der Waals surface area (Å²) in [7, 11) is 0. The minimum atomic E-state index is 0.310. The molecule has 0 bridgehead atoms. The van der Waals surface area contributed by atoms with Gasteiger partial charge in [-0.1, -0.05) is 123 Å². The summed E-state index contributed by atoms with van der Waals surface area (Å²) in [5, 5.41) is 0. The summed E-state index contributed by atoms with van der Waals surface area (Å²) < 4.78 is 0. The molecule has 2 fully saturated rings. The minimum absolute atomic E-state index is 0.310. The van der Waals surface area contributed by atoms with Crippen molar-refractivity contribution in [1.29, 1.82) is 0 Å². The minimum Gasteiger partial charge on any atom is -0.321 e. The third-order valence-electron chi connectivity index (χ3n) is 10.9. The van der Waals surface area contributed by atoms with Crippen molar-refractivity contribution in [1.82, 2.24) is 0 Å². The Morgan fingerprint density at radius 3 is 1.22 bits per heavy atom. The molecule has 4 aliphatic rings. The van der Waals surface area contributed by atoms with Gasteiger partial charge in [-0.25, -0.2) is 0 Å². The average Bonchev–Trinajstić information content (AvgIpc) is 3.79. The molecule has 0 saturated heterocycles. The van der Waals surface area contributed by atoms with Crippen LogP contribution in [0.25, 0.3) is 22.3 Å². The van der Waals surface area contributed by atoms with E-state index in [0.717, 1.165) is 24.8 Å². The smallest absolute Gasteiger partial charge is 0.172 e. The summed E-state index contributed by atoms with van der Waals surface area (Å²) in [6.07, 6.45) is 13.2. The standard InChI is InChI=1S/C42H46N4/c1-5-15-31(16-6-1)35-23-13-25-37(27-35)45-29-39(33-19-9-3-10-20-33)43-41(45)42-44-40(34-21-11-4-12-22-34)30-46(42)38-26-14-24-36(28-38)32-17-7-2-8-18-32/h1-2,5-8,13-18,23-28,33-34,39-40H,3-4,9-12,19-22,29-30H2. The molecule has 4 heteroatoms. The SMILES string of the molecule is c1ccc(-c2cccc(N3CC(C4CCCCC4)N=C3C3=NC(C4CCCCC4)CN3c3cccc(-c4ccccc4)c3)c2)cc1. The van der Waals surface area contributed by atoms with Crippen molar-refractivity contribution < 1.29 is 0 Å². The van der Waals surface area contributed by atoms with Crippen LogP contribution < -0.4 is 9.80 Å². The van der Waals surface area contributed by atoms with Gasteiger partial charge >= 0.3 is 0 Å². The normalized spacial score (nSPS) is 22.6. The number of aliphatic imine (C=N–C) groups is 2. The highest BCUT2D eigenvalue weighted by Gasteiger charge is 2.41. The summed E-state index contributed by atoms with van der Waals surface area (Å²) in [6, 6.07) is 40.3. The molecule has 2 atom stereocenters. The van der Waals surface area contributed by atoms with Crippen molar-refractivity contribution in [3.05, 3.63) is 109 Å². The topological polar surface area (TPSA) is 31.2 Å². The Morgan fingerprint density at radius 1 is 0.413 bits per heavy atom. The maximum atomic E-state index is 5.66. The van der Waals surface area contributed by atoms with Gasteiger partial charge in [0.2, 0.25) is 0 Å². The van der Waals surface area contributed by atoms with Crippen molar-refractivity contribution in [3.63, 3.8) is 0 Å². The zero-order valence-electron chi connectivity index (χ0n) is 27.0. The second-order valence-corrected chi connectivity index (χ2v) is 13.9. The highest BCUT2D eigenvalue weighted by molar-refractivity contribution is 6.50. The van der Waals surface area contributed by atoms with E-state index < -0.39 is 0 Å². The van der Waals surface area contributed by atoms with E-state index in [2.05, 4.69) is 119 Å². The van der Waals surface area contributed by atoms with E-state index >= 15 is 0 Å². The Morgan fingerprint density at radius 2 is 0.804 bits per heavy atom. The van der Waals surface area contributed by atoms with Crippen molar-refractivity contribution >= 4 is 23.0 Å². The molecular weight excluding hydrogens is 560 g/mol. The van der Waals surface area contributed by atoms with E-state index in [-0.39, 0.29) is 0 Å². The predicted molar refractivity (Wildman–Crippen MR) is 194 cm³/mol. The first kappa shape index (κ1) is 29.2. The number of hydrogen-bond acceptors (Lipinski definition) is 4. The number of benzene rings is 4. The molecule has 4 nitrogen and oxygen atoms in total. The van der Waals surface area contributed by atoms with Gasteiger partial charge in [-0.3, -0.25) is 9.98 Å². The molecule has 2 aliphatic carbocycles. The van der Waals surface area contributed by atoms with Gasteiger partial charge in [0.05, 0.1) is 12.1 Å². The summed E-state index contributed by atoms with van der Waals surface area (Å²) in [5.74, 6) is 3.45. The fraction of sp³-hybridized carbons (Fsp3) is 0.381. The van der Waals surface area contributed by atoms with Gasteiger partial charge in [0.25, 0.3) is 0 Å².